The van der Waals surface area contributed by atoms with Crippen molar-refractivity contribution in [2.24, 2.45) is 11.0 Å². The number of halogens is 1. The van der Waals surface area contributed by atoms with Crippen molar-refractivity contribution >= 4 is 35.1 Å². The van der Waals surface area contributed by atoms with E-state index in [0.29, 0.717) is 16.7 Å². The van der Waals surface area contributed by atoms with E-state index in [1.807, 2.05) is 19.9 Å². The van der Waals surface area contributed by atoms with Crippen LogP contribution in [0, 0.1) is 5.92 Å². The van der Waals surface area contributed by atoms with Crippen LogP contribution >= 0.6 is 22.9 Å². The van der Waals surface area contributed by atoms with Gasteiger partial charge in [-0.15, -0.1) is 11.3 Å². The molecule has 1 heterocycles. The van der Waals surface area contributed by atoms with Crippen molar-refractivity contribution in [3.63, 3.8) is 0 Å². The highest BCUT2D eigenvalue weighted by Crippen LogP contribution is 2.19. The van der Waals surface area contributed by atoms with Crippen LogP contribution in [0.5, 0.6) is 0 Å². The van der Waals surface area contributed by atoms with Crippen LogP contribution in [-0.4, -0.2) is 12.1 Å². The summed E-state index contributed by atoms with van der Waals surface area (Å²) in [6.07, 6.45) is 2.08. The van der Waals surface area contributed by atoms with Gasteiger partial charge >= 0.3 is 0 Å². The number of hydrazone groups is 1. The first-order chi connectivity index (χ1) is 7.08. The van der Waals surface area contributed by atoms with E-state index in [-0.39, 0.29) is 5.91 Å². The number of hydrogen-bond donors (Lipinski definition) is 1. The van der Waals surface area contributed by atoms with Gasteiger partial charge in [-0.2, -0.15) is 5.10 Å². The molecule has 1 N–H and O–H groups in total. The molecule has 0 unspecified atom stereocenters. The van der Waals surface area contributed by atoms with E-state index in [4.69, 9.17) is 11.6 Å². The summed E-state index contributed by atoms with van der Waals surface area (Å²) in [4.78, 5) is 12.1. The maximum Gasteiger partial charge on any atom is 0.240 e. The third kappa shape index (κ3) is 4.95. The lowest BCUT2D eigenvalue weighted by molar-refractivity contribution is -0.121. The van der Waals surface area contributed by atoms with E-state index in [2.05, 4.69) is 10.5 Å². The highest BCUT2D eigenvalue weighted by Gasteiger charge is 2.02. The fraction of sp³-hybridized carbons (Fsp3) is 0.400. The van der Waals surface area contributed by atoms with Gasteiger partial charge in [-0.25, -0.2) is 5.43 Å². The molecular formula is C10H13ClN2OS. The normalized spacial score (nSPS) is 11.2. The van der Waals surface area contributed by atoms with Gasteiger partial charge in [0.2, 0.25) is 5.91 Å². The molecule has 0 atom stereocenters. The van der Waals surface area contributed by atoms with Gasteiger partial charge in [0.25, 0.3) is 0 Å². The molecule has 0 radical (unpaired) electrons. The van der Waals surface area contributed by atoms with Gasteiger partial charge in [0.15, 0.2) is 0 Å². The van der Waals surface area contributed by atoms with Crippen LogP contribution in [0.25, 0.3) is 0 Å². The van der Waals surface area contributed by atoms with Crippen molar-refractivity contribution in [1.29, 1.82) is 0 Å². The minimum absolute atomic E-state index is 0.0658. The summed E-state index contributed by atoms with van der Waals surface area (Å²) in [5.74, 6) is 0.278. The average Bonchev–Trinajstić information content (AvgIpc) is 2.50. The van der Waals surface area contributed by atoms with Crippen LogP contribution in [0.4, 0.5) is 0 Å². The summed E-state index contributed by atoms with van der Waals surface area (Å²) in [5.41, 5.74) is 2.47. The molecule has 0 spiro atoms. The van der Waals surface area contributed by atoms with Crippen molar-refractivity contribution < 1.29 is 4.79 Å². The Hall–Kier alpha value is -0.870. The number of carbonyl (C=O) groups is 1. The van der Waals surface area contributed by atoms with Gasteiger partial charge in [-0.05, 0) is 18.1 Å². The number of nitrogens with one attached hydrogen (secondary N) is 1. The Labute approximate surface area is 98.1 Å². The zero-order valence-electron chi connectivity index (χ0n) is 8.66. The number of amides is 1. The molecule has 0 saturated carbocycles. The number of thiophene rings is 1. The minimum atomic E-state index is -0.0658. The van der Waals surface area contributed by atoms with Crippen molar-refractivity contribution in [3.05, 3.63) is 21.3 Å². The average molecular weight is 245 g/mol. The van der Waals surface area contributed by atoms with E-state index in [1.54, 1.807) is 12.3 Å². The fourth-order valence-electron chi connectivity index (χ4n) is 0.982. The zero-order chi connectivity index (χ0) is 11.3. The highest BCUT2D eigenvalue weighted by atomic mass is 35.5. The van der Waals surface area contributed by atoms with E-state index < -0.39 is 0 Å². The highest BCUT2D eigenvalue weighted by molar-refractivity contribution is 7.17. The predicted molar refractivity (Wildman–Crippen MR) is 64.5 cm³/mol. The monoisotopic (exact) mass is 244 g/mol. The Kier molecular flexibility index (Phi) is 4.78. The molecule has 5 heteroatoms. The molecule has 1 aromatic rings. The lowest BCUT2D eigenvalue weighted by atomic mass is 10.1. The fourth-order valence-corrected chi connectivity index (χ4v) is 1.91. The van der Waals surface area contributed by atoms with Gasteiger partial charge in [-0.3, -0.25) is 4.79 Å². The molecular weight excluding hydrogens is 232 g/mol. The van der Waals surface area contributed by atoms with Gasteiger partial charge in [0, 0.05) is 11.3 Å². The molecule has 0 bridgehead atoms. The van der Waals surface area contributed by atoms with Crippen LogP contribution < -0.4 is 5.43 Å². The number of carbonyl (C=O) groups excluding carboxylic acids is 1. The van der Waals surface area contributed by atoms with Crippen LogP contribution in [0.15, 0.2) is 17.2 Å². The number of hydrogen-bond acceptors (Lipinski definition) is 3. The van der Waals surface area contributed by atoms with Crippen LogP contribution in [0.1, 0.15) is 25.1 Å². The van der Waals surface area contributed by atoms with Crippen molar-refractivity contribution in [2.75, 3.05) is 0 Å². The van der Waals surface area contributed by atoms with Gasteiger partial charge in [0.05, 0.1) is 10.6 Å². The summed E-state index contributed by atoms with van der Waals surface area (Å²) < 4.78 is 0.713. The Morgan fingerprint density at radius 1 is 1.67 bits per heavy atom. The van der Waals surface area contributed by atoms with Crippen LogP contribution in [0.2, 0.25) is 4.34 Å². The van der Waals surface area contributed by atoms with Crippen molar-refractivity contribution in [3.8, 4) is 0 Å². The first kappa shape index (κ1) is 12.2. The molecule has 0 aliphatic rings. The molecule has 0 aromatic carbocycles. The topological polar surface area (TPSA) is 41.5 Å². The second-order valence-electron chi connectivity index (χ2n) is 3.53. The smallest absolute Gasteiger partial charge is 0.240 e. The lowest BCUT2D eigenvalue weighted by Crippen LogP contribution is -2.18. The van der Waals surface area contributed by atoms with Crippen molar-refractivity contribution in [1.82, 2.24) is 5.43 Å². The molecule has 0 aliphatic heterocycles. The van der Waals surface area contributed by atoms with E-state index in [9.17, 15) is 4.79 Å². The van der Waals surface area contributed by atoms with Crippen LogP contribution in [-0.2, 0) is 4.79 Å². The summed E-state index contributed by atoms with van der Waals surface area (Å²) in [7, 11) is 0. The van der Waals surface area contributed by atoms with Gasteiger partial charge in [-0.1, -0.05) is 25.4 Å². The lowest BCUT2D eigenvalue weighted by Gasteiger charge is -2.01. The zero-order valence-corrected chi connectivity index (χ0v) is 10.2. The third-order valence-electron chi connectivity index (χ3n) is 1.57. The predicted octanol–water partition coefficient (Wildman–Crippen LogP) is 2.90. The minimum Gasteiger partial charge on any atom is -0.273 e. The second-order valence-corrected chi connectivity index (χ2v) is 5.28. The summed E-state index contributed by atoms with van der Waals surface area (Å²) in [6, 6.07) is 3.65. The molecule has 0 saturated heterocycles. The summed E-state index contributed by atoms with van der Waals surface area (Å²) >= 11 is 7.16. The molecule has 1 amide bonds. The summed E-state index contributed by atoms with van der Waals surface area (Å²) in [5, 5.41) is 3.84. The summed E-state index contributed by atoms with van der Waals surface area (Å²) in [6.45, 7) is 3.98. The maximum absolute atomic E-state index is 11.2. The van der Waals surface area contributed by atoms with Gasteiger partial charge in [0.1, 0.15) is 0 Å². The molecule has 1 rings (SSSR count). The Balaban J connectivity index is 2.36. The standard InChI is InChI=1S/C10H13ClN2OS/c1-7(2)5-10(14)13-12-6-8-3-4-9(11)15-8/h3-4,6-7H,5H2,1-2H3,(H,13,14)/b12-6+. The first-order valence-electron chi connectivity index (χ1n) is 4.65. The quantitative estimate of drug-likeness (QED) is 0.642. The second kappa shape index (κ2) is 5.88. The molecule has 1 aromatic heterocycles. The third-order valence-corrected chi connectivity index (χ3v) is 2.73. The molecule has 15 heavy (non-hydrogen) atoms. The Morgan fingerprint density at radius 2 is 2.40 bits per heavy atom. The molecule has 3 nitrogen and oxygen atoms in total. The van der Waals surface area contributed by atoms with Gasteiger partial charge < -0.3 is 0 Å². The van der Waals surface area contributed by atoms with E-state index >= 15 is 0 Å². The van der Waals surface area contributed by atoms with E-state index in [1.165, 1.54) is 11.3 Å². The van der Waals surface area contributed by atoms with E-state index in [0.717, 1.165) is 4.88 Å². The van der Waals surface area contributed by atoms with Crippen molar-refractivity contribution in [2.45, 2.75) is 20.3 Å². The first-order valence-corrected chi connectivity index (χ1v) is 5.84. The number of nitrogens with zero attached hydrogens (tertiary/aromatic N) is 1. The Bertz CT molecular complexity index is 360. The SMILES string of the molecule is CC(C)CC(=O)N/N=C/c1ccc(Cl)s1. The Morgan fingerprint density at radius 3 is 2.93 bits per heavy atom. The largest absolute Gasteiger partial charge is 0.273 e. The molecule has 0 aliphatic carbocycles. The number of rotatable bonds is 4. The maximum atomic E-state index is 11.2. The molecule has 82 valence electrons. The van der Waals surface area contributed by atoms with Crippen LogP contribution in [0.3, 0.4) is 0 Å². The molecule has 0 fully saturated rings.